The summed E-state index contributed by atoms with van der Waals surface area (Å²) in [4.78, 5) is 0. The number of rotatable bonds is 3. The first-order valence-corrected chi connectivity index (χ1v) is 4.48. The normalized spacial score (nSPS) is 12.1. The first kappa shape index (κ1) is 12.0. The maximum atomic E-state index is 12.2. The lowest BCUT2D eigenvalue weighted by Gasteiger charge is -2.09. The molecule has 0 N–H and O–H groups in total. The van der Waals surface area contributed by atoms with E-state index < -0.39 is 11.7 Å². The second-order valence-corrected chi connectivity index (χ2v) is 3.39. The zero-order valence-electron chi connectivity index (χ0n) is 8.56. The molecule has 15 heavy (non-hydrogen) atoms. The SMILES string of the molecule is C[C](C)OCc1ccc(C(F)(F)F)cc1. The van der Waals surface area contributed by atoms with Crippen LogP contribution in [0.25, 0.3) is 0 Å². The molecule has 0 amide bonds. The summed E-state index contributed by atoms with van der Waals surface area (Å²) in [6.07, 6.45) is -3.48. The van der Waals surface area contributed by atoms with Crippen molar-refractivity contribution in [2.45, 2.75) is 26.6 Å². The van der Waals surface area contributed by atoms with E-state index in [1.807, 2.05) is 0 Å². The number of benzene rings is 1. The Bertz CT molecular complexity index is 301. The maximum Gasteiger partial charge on any atom is 0.416 e. The first-order chi connectivity index (χ1) is 6.89. The van der Waals surface area contributed by atoms with Crippen molar-refractivity contribution in [1.29, 1.82) is 0 Å². The number of ether oxygens (including phenoxy) is 1. The molecular weight excluding hydrogens is 205 g/mol. The summed E-state index contributed by atoms with van der Waals surface area (Å²) in [7, 11) is 0. The number of halogens is 3. The van der Waals surface area contributed by atoms with Crippen molar-refractivity contribution in [3.8, 4) is 0 Å². The number of alkyl halides is 3. The second-order valence-electron chi connectivity index (χ2n) is 3.39. The molecule has 0 aliphatic rings. The third-order valence-corrected chi connectivity index (χ3v) is 1.81. The van der Waals surface area contributed by atoms with Gasteiger partial charge in [-0.3, -0.25) is 0 Å². The molecule has 0 atom stereocenters. The van der Waals surface area contributed by atoms with E-state index in [-0.39, 0.29) is 0 Å². The molecule has 1 radical (unpaired) electrons. The van der Waals surface area contributed by atoms with Crippen molar-refractivity contribution >= 4 is 0 Å². The molecule has 1 nitrogen and oxygen atoms in total. The van der Waals surface area contributed by atoms with Crippen LogP contribution in [0.4, 0.5) is 13.2 Å². The Labute approximate surface area is 86.9 Å². The van der Waals surface area contributed by atoms with E-state index in [1.54, 1.807) is 13.8 Å². The summed E-state index contributed by atoms with van der Waals surface area (Å²) in [5.74, 6) is 0. The molecule has 83 valence electrons. The Hall–Kier alpha value is -1.03. The summed E-state index contributed by atoms with van der Waals surface area (Å²) in [6.45, 7) is 3.90. The van der Waals surface area contributed by atoms with Gasteiger partial charge >= 0.3 is 6.18 Å². The molecule has 0 aromatic heterocycles. The van der Waals surface area contributed by atoms with Crippen LogP contribution >= 0.6 is 0 Å². The largest absolute Gasteiger partial charge is 0.416 e. The average molecular weight is 217 g/mol. The summed E-state index contributed by atoms with van der Waals surface area (Å²) in [6, 6.07) is 4.96. The van der Waals surface area contributed by atoms with Gasteiger partial charge in [-0.2, -0.15) is 13.2 Å². The Morgan fingerprint density at radius 1 is 1.13 bits per heavy atom. The molecule has 1 aromatic carbocycles. The highest BCUT2D eigenvalue weighted by molar-refractivity contribution is 5.24. The quantitative estimate of drug-likeness (QED) is 0.748. The zero-order valence-corrected chi connectivity index (χ0v) is 8.56. The third kappa shape index (κ3) is 3.91. The minimum Gasteiger partial charge on any atom is -0.368 e. The van der Waals surface area contributed by atoms with E-state index in [1.165, 1.54) is 12.1 Å². The summed E-state index contributed by atoms with van der Waals surface area (Å²) in [5, 5.41) is 0. The van der Waals surface area contributed by atoms with Crippen molar-refractivity contribution in [3.05, 3.63) is 41.5 Å². The van der Waals surface area contributed by atoms with Gasteiger partial charge in [-0.1, -0.05) is 12.1 Å². The van der Waals surface area contributed by atoms with E-state index in [2.05, 4.69) is 0 Å². The van der Waals surface area contributed by atoms with E-state index in [0.29, 0.717) is 6.61 Å². The molecule has 0 heterocycles. The Balaban J connectivity index is 2.65. The van der Waals surface area contributed by atoms with Crippen molar-refractivity contribution in [2.75, 3.05) is 0 Å². The van der Waals surface area contributed by atoms with E-state index in [9.17, 15) is 13.2 Å². The Morgan fingerprint density at radius 2 is 1.67 bits per heavy atom. The lowest BCUT2D eigenvalue weighted by atomic mass is 10.1. The van der Waals surface area contributed by atoms with E-state index >= 15 is 0 Å². The summed E-state index contributed by atoms with van der Waals surface area (Å²) in [5.41, 5.74) is 0.0904. The summed E-state index contributed by atoms with van der Waals surface area (Å²) >= 11 is 0. The predicted molar refractivity (Wildman–Crippen MR) is 50.8 cm³/mol. The molecular formula is C11H12F3O. The molecule has 0 aliphatic heterocycles. The van der Waals surface area contributed by atoms with Crippen LogP contribution in [-0.2, 0) is 17.5 Å². The van der Waals surface area contributed by atoms with Crippen LogP contribution in [0.15, 0.2) is 24.3 Å². The monoisotopic (exact) mass is 217 g/mol. The highest BCUT2D eigenvalue weighted by atomic mass is 19.4. The van der Waals surface area contributed by atoms with Gasteiger partial charge in [-0.05, 0) is 31.5 Å². The molecule has 0 saturated carbocycles. The Kier molecular flexibility index (Phi) is 3.74. The second kappa shape index (κ2) is 4.66. The Morgan fingerprint density at radius 3 is 2.07 bits per heavy atom. The standard InChI is InChI=1S/C11H12F3O/c1-8(2)15-7-9-3-5-10(6-4-9)11(12,13)14/h3-6H,7H2,1-2H3. The van der Waals surface area contributed by atoms with Crippen molar-refractivity contribution in [2.24, 2.45) is 0 Å². The van der Waals surface area contributed by atoms with Gasteiger partial charge in [0.2, 0.25) is 0 Å². The molecule has 0 spiro atoms. The molecule has 0 bridgehead atoms. The minimum atomic E-state index is -4.27. The van der Waals surface area contributed by atoms with E-state index in [4.69, 9.17) is 4.74 Å². The van der Waals surface area contributed by atoms with Crippen LogP contribution in [0.1, 0.15) is 25.0 Å². The predicted octanol–water partition coefficient (Wildman–Crippen LogP) is 3.79. The number of hydrogen-bond donors (Lipinski definition) is 0. The van der Waals surface area contributed by atoms with Crippen LogP contribution in [-0.4, -0.2) is 0 Å². The third-order valence-electron chi connectivity index (χ3n) is 1.81. The minimum absolute atomic E-state index is 0.306. The van der Waals surface area contributed by atoms with Crippen LogP contribution in [0.2, 0.25) is 0 Å². The lowest BCUT2D eigenvalue weighted by molar-refractivity contribution is -0.137. The fraction of sp³-hybridized carbons (Fsp3) is 0.364. The molecule has 1 rings (SSSR count). The highest BCUT2D eigenvalue weighted by Gasteiger charge is 2.29. The van der Waals surface area contributed by atoms with Crippen molar-refractivity contribution in [1.82, 2.24) is 0 Å². The van der Waals surface area contributed by atoms with Gasteiger partial charge < -0.3 is 4.74 Å². The number of hydrogen-bond acceptors (Lipinski definition) is 1. The smallest absolute Gasteiger partial charge is 0.368 e. The van der Waals surface area contributed by atoms with Crippen molar-refractivity contribution < 1.29 is 17.9 Å². The van der Waals surface area contributed by atoms with Gasteiger partial charge in [0.25, 0.3) is 0 Å². The van der Waals surface area contributed by atoms with Gasteiger partial charge in [0.1, 0.15) is 0 Å². The van der Waals surface area contributed by atoms with Gasteiger partial charge in [0, 0.05) is 0 Å². The average Bonchev–Trinajstić information content (AvgIpc) is 2.14. The fourth-order valence-electron chi connectivity index (χ4n) is 1.02. The molecule has 0 fully saturated rings. The van der Waals surface area contributed by atoms with Gasteiger partial charge in [-0.15, -0.1) is 0 Å². The molecule has 1 aromatic rings. The van der Waals surface area contributed by atoms with Gasteiger partial charge in [-0.25, -0.2) is 0 Å². The molecule has 0 unspecified atom stereocenters. The maximum absolute atomic E-state index is 12.2. The molecule has 0 saturated heterocycles. The zero-order chi connectivity index (χ0) is 11.5. The van der Waals surface area contributed by atoms with Gasteiger partial charge in [0.15, 0.2) is 0 Å². The fourth-order valence-corrected chi connectivity index (χ4v) is 1.02. The van der Waals surface area contributed by atoms with Gasteiger partial charge in [0.05, 0.1) is 18.3 Å². The molecule has 0 aliphatic carbocycles. The van der Waals surface area contributed by atoms with Crippen LogP contribution in [0.3, 0.4) is 0 Å². The molecule has 4 heteroatoms. The first-order valence-electron chi connectivity index (χ1n) is 4.48. The van der Waals surface area contributed by atoms with Crippen LogP contribution < -0.4 is 0 Å². The lowest BCUT2D eigenvalue weighted by Crippen LogP contribution is -2.04. The topological polar surface area (TPSA) is 9.23 Å². The van der Waals surface area contributed by atoms with Crippen molar-refractivity contribution in [3.63, 3.8) is 0 Å². The van der Waals surface area contributed by atoms with Crippen LogP contribution in [0, 0.1) is 6.10 Å². The van der Waals surface area contributed by atoms with Crippen LogP contribution in [0.5, 0.6) is 0 Å². The highest BCUT2D eigenvalue weighted by Crippen LogP contribution is 2.29. The van der Waals surface area contributed by atoms with E-state index in [0.717, 1.165) is 23.8 Å². The summed E-state index contributed by atoms with van der Waals surface area (Å²) < 4.78 is 41.8.